The summed E-state index contributed by atoms with van der Waals surface area (Å²) in [5.41, 5.74) is 4.06. The molecule has 0 saturated carbocycles. The number of nitrogens with one attached hydrogen (secondary N) is 2. The van der Waals surface area contributed by atoms with Crippen LogP contribution in [-0.2, 0) is 0 Å². The van der Waals surface area contributed by atoms with Crippen molar-refractivity contribution in [3.8, 4) is 11.8 Å². The Morgan fingerprint density at radius 2 is 2.00 bits per heavy atom. The Morgan fingerprint density at radius 1 is 1.19 bits per heavy atom. The van der Waals surface area contributed by atoms with Gasteiger partial charge < -0.3 is 14.7 Å². The average molecular weight is 409 g/mol. The molecule has 0 radical (unpaired) electrons. The number of benzene rings is 1. The summed E-state index contributed by atoms with van der Waals surface area (Å²) >= 11 is 0. The van der Waals surface area contributed by atoms with Gasteiger partial charge in [0.15, 0.2) is 0 Å². The fourth-order valence-corrected chi connectivity index (χ4v) is 3.95. The van der Waals surface area contributed by atoms with Gasteiger partial charge in [-0.2, -0.15) is 5.26 Å². The van der Waals surface area contributed by atoms with E-state index in [0.29, 0.717) is 27.9 Å². The van der Waals surface area contributed by atoms with Gasteiger partial charge in [0.25, 0.3) is 5.56 Å². The second kappa shape index (κ2) is 7.15. The maximum absolute atomic E-state index is 13.5. The van der Waals surface area contributed by atoms with Crippen molar-refractivity contribution in [2.24, 2.45) is 0 Å². The lowest BCUT2D eigenvalue weighted by Crippen LogP contribution is -2.27. The number of H-pyrrole nitrogens is 1. The van der Waals surface area contributed by atoms with Crippen LogP contribution in [0.15, 0.2) is 66.1 Å². The monoisotopic (exact) mass is 409 g/mol. The second-order valence-corrected chi connectivity index (χ2v) is 7.41. The highest BCUT2D eigenvalue weighted by molar-refractivity contribution is 5.92. The van der Waals surface area contributed by atoms with Gasteiger partial charge >= 0.3 is 0 Å². The largest absolute Gasteiger partial charge is 0.361 e. The molecular formula is C23H19N7O. The van der Waals surface area contributed by atoms with Gasteiger partial charge in [0.2, 0.25) is 0 Å². The molecule has 4 aromatic heterocycles. The molecule has 0 fully saturated rings. The maximum atomic E-state index is 13.5. The maximum Gasteiger partial charge on any atom is 0.279 e. The van der Waals surface area contributed by atoms with Crippen LogP contribution in [0.5, 0.6) is 0 Å². The van der Waals surface area contributed by atoms with Crippen molar-refractivity contribution in [1.29, 1.82) is 5.26 Å². The molecule has 0 spiro atoms. The van der Waals surface area contributed by atoms with Gasteiger partial charge in [0.1, 0.15) is 29.4 Å². The number of fused-ring (bicyclic) bond motifs is 2. The van der Waals surface area contributed by atoms with Crippen LogP contribution in [0, 0.1) is 18.3 Å². The number of aryl methyl sites for hydroxylation is 1. The van der Waals surface area contributed by atoms with E-state index in [-0.39, 0.29) is 11.6 Å². The van der Waals surface area contributed by atoms with E-state index in [1.807, 2.05) is 67.0 Å². The molecule has 2 N–H and O–H groups in total. The topological polar surface area (TPSA) is 104 Å². The lowest BCUT2D eigenvalue weighted by molar-refractivity contribution is 0.754. The van der Waals surface area contributed by atoms with E-state index in [1.54, 1.807) is 10.8 Å². The van der Waals surface area contributed by atoms with Crippen molar-refractivity contribution >= 4 is 22.4 Å². The van der Waals surface area contributed by atoms with Crippen LogP contribution in [0.1, 0.15) is 29.8 Å². The van der Waals surface area contributed by atoms with E-state index in [0.717, 1.165) is 16.9 Å². The summed E-state index contributed by atoms with van der Waals surface area (Å²) in [6.07, 6.45) is 6.90. The minimum atomic E-state index is -0.292. The highest BCUT2D eigenvalue weighted by Crippen LogP contribution is 2.27. The molecule has 8 nitrogen and oxygen atoms in total. The summed E-state index contributed by atoms with van der Waals surface area (Å²) < 4.78 is 3.58. The molecule has 0 aliphatic carbocycles. The zero-order chi connectivity index (χ0) is 21.5. The molecule has 31 heavy (non-hydrogen) atoms. The number of aromatic nitrogens is 5. The van der Waals surface area contributed by atoms with Crippen molar-refractivity contribution in [2.45, 2.75) is 19.9 Å². The summed E-state index contributed by atoms with van der Waals surface area (Å²) in [6.45, 7) is 3.89. The van der Waals surface area contributed by atoms with Gasteiger partial charge in [0.05, 0.1) is 22.7 Å². The van der Waals surface area contributed by atoms with Crippen LogP contribution in [0.25, 0.3) is 22.2 Å². The minimum absolute atomic E-state index is 0.0907. The predicted molar refractivity (Wildman–Crippen MR) is 118 cm³/mol. The molecule has 0 saturated heterocycles. The molecule has 4 heterocycles. The van der Waals surface area contributed by atoms with Gasteiger partial charge in [-0.25, -0.2) is 9.97 Å². The first-order chi connectivity index (χ1) is 15.1. The average Bonchev–Trinajstić information content (AvgIpc) is 3.38. The van der Waals surface area contributed by atoms with E-state index in [2.05, 4.69) is 26.3 Å². The number of rotatable bonds is 4. The third-order valence-electron chi connectivity index (χ3n) is 5.45. The highest BCUT2D eigenvalue weighted by atomic mass is 16.1. The Kier molecular flexibility index (Phi) is 4.30. The van der Waals surface area contributed by atoms with Crippen LogP contribution in [0.3, 0.4) is 0 Å². The first kappa shape index (κ1) is 18.6. The van der Waals surface area contributed by atoms with E-state index >= 15 is 0 Å². The molecule has 0 amide bonds. The van der Waals surface area contributed by atoms with Crippen molar-refractivity contribution in [3.63, 3.8) is 0 Å². The zero-order valence-electron chi connectivity index (χ0n) is 17.0. The Bertz CT molecular complexity index is 1520. The number of anilines is 1. The van der Waals surface area contributed by atoms with Crippen LogP contribution in [-0.4, -0.2) is 23.9 Å². The summed E-state index contributed by atoms with van der Waals surface area (Å²) in [6, 6.07) is 13.4. The third-order valence-corrected chi connectivity index (χ3v) is 5.45. The number of hydrogen-bond donors (Lipinski definition) is 2. The SMILES string of the molecule is Cc1ccn2cc(C(C)Nc3ncnc4[nH]cc(C#N)c34)n(-c3ccccc3)c(=O)c12. The Morgan fingerprint density at radius 3 is 2.77 bits per heavy atom. The lowest BCUT2D eigenvalue weighted by Gasteiger charge is -2.21. The molecule has 0 bridgehead atoms. The molecule has 5 aromatic rings. The smallest absolute Gasteiger partial charge is 0.279 e. The third kappa shape index (κ3) is 2.95. The van der Waals surface area contributed by atoms with E-state index < -0.39 is 0 Å². The number of nitriles is 1. The van der Waals surface area contributed by atoms with Gasteiger partial charge in [-0.05, 0) is 37.6 Å². The standard InChI is InChI=1S/C23H19N7O/c1-14-8-9-29-12-18(30(23(31)20(14)29)17-6-4-3-5-7-17)15(2)28-22-19-16(10-24)11-25-21(19)26-13-27-22/h3-9,11-13,15H,1-2H3,(H2,25,26,27,28). The molecule has 152 valence electrons. The predicted octanol–water partition coefficient (Wildman–Crippen LogP) is 3.71. The molecule has 0 aliphatic rings. The number of nitrogens with zero attached hydrogens (tertiary/aromatic N) is 5. The second-order valence-electron chi connectivity index (χ2n) is 7.41. The fraction of sp³-hybridized carbons (Fsp3) is 0.130. The summed E-state index contributed by atoms with van der Waals surface area (Å²) in [5, 5.41) is 13.5. The summed E-state index contributed by atoms with van der Waals surface area (Å²) in [7, 11) is 0. The van der Waals surface area contributed by atoms with Crippen molar-refractivity contribution in [1.82, 2.24) is 23.9 Å². The van der Waals surface area contributed by atoms with Gasteiger partial charge in [0, 0.05) is 24.3 Å². The molecule has 0 aliphatic heterocycles. The lowest BCUT2D eigenvalue weighted by atomic mass is 10.2. The summed E-state index contributed by atoms with van der Waals surface area (Å²) in [4.78, 5) is 25.0. The van der Waals surface area contributed by atoms with Gasteiger partial charge in [-0.15, -0.1) is 0 Å². The van der Waals surface area contributed by atoms with E-state index in [1.165, 1.54) is 6.33 Å². The molecular weight excluding hydrogens is 390 g/mol. The van der Waals surface area contributed by atoms with Crippen molar-refractivity contribution < 1.29 is 0 Å². The molecule has 8 heteroatoms. The molecule has 5 rings (SSSR count). The molecule has 1 atom stereocenters. The Labute approximate surface area is 177 Å². The molecule has 1 unspecified atom stereocenters. The summed E-state index contributed by atoms with van der Waals surface area (Å²) in [5.74, 6) is 0.533. The van der Waals surface area contributed by atoms with Gasteiger partial charge in [-0.3, -0.25) is 9.36 Å². The first-order valence-electron chi connectivity index (χ1n) is 9.86. The zero-order valence-corrected chi connectivity index (χ0v) is 17.0. The minimum Gasteiger partial charge on any atom is -0.361 e. The Hall–Kier alpha value is -4.38. The van der Waals surface area contributed by atoms with E-state index in [9.17, 15) is 10.1 Å². The number of hydrogen-bond acceptors (Lipinski definition) is 5. The molecule has 1 aromatic carbocycles. The normalized spacial score (nSPS) is 12.2. The Balaban J connectivity index is 1.69. The fourth-order valence-electron chi connectivity index (χ4n) is 3.95. The van der Waals surface area contributed by atoms with Crippen LogP contribution in [0.2, 0.25) is 0 Å². The highest BCUT2D eigenvalue weighted by Gasteiger charge is 2.20. The number of aromatic amines is 1. The van der Waals surface area contributed by atoms with Crippen LogP contribution < -0.4 is 10.9 Å². The number of para-hydroxylation sites is 1. The van der Waals surface area contributed by atoms with Crippen LogP contribution >= 0.6 is 0 Å². The van der Waals surface area contributed by atoms with Crippen LogP contribution in [0.4, 0.5) is 5.82 Å². The van der Waals surface area contributed by atoms with E-state index in [4.69, 9.17) is 0 Å². The van der Waals surface area contributed by atoms with Crippen molar-refractivity contribution in [2.75, 3.05) is 5.32 Å². The van der Waals surface area contributed by atoms with Crippen molar-refractivity contribution in [3.05, 3.63) is 88.5 Å². The first-order valence-corrected chi connectivity index (χ1v) is 9.86. The van der Waals surface area contributed by atoms with Gasteiger partial charge in [-0.1, -0.05) is 18.2 Å². The quantitative estimate of drug-likeness (QED) is 0.471.